The third-order valence-electron chi connectivity index (χ3n) is 4.09. The first-order valence-corrected chi connectivity index (χ1v) is 6.19. The molecule has 4 atom stereocenters. The van der Waals surface area contributed by atoms with Crippen molar-refractivity contribution in [3.05, 3.63) is 12.2 Å². The Bertz CT molecular complexity index is 415. The van der Waals surface area contributed by atoms with E-state index in [2.05, 4.69) is 0 Å². The number of fused-ring (bicyclic) bond motifs is 5. The maximum absolute atomic E-state index is 12.1. The minimum absolute atomic E-state index is 0.0429. The molecule has 0 N–H and O–H groups in total. The van der Waals surface area contributed by atoms with E-state index in [1.54, 1.807) is 0 Å². The van der Waals surface area contributed by atoms with Gasteiger partial charge in [-0.15, -0.1) is 0 Å². The SMILES string of the molecule is O=C(Cl)CCN1C(=O)C2C3C=CC(C3)C2C1=O. The largest absolute Gasteiger partial charge is 0.282 e. The minimum Gasteiger partial charge on any atom is -0.282 e. The summed E-state index contributed by atoms with van der Waals surface area (Å²) >= 11 is 5.24. The summed E-state index contributed by atoms with van der Waals surface area (Å²) in [5.74, 6) is -0.147. The van der Waals surface area contributed by atoms with Gasteiger partial charge in [-0.3, -0.25) is 19.3 Å². The minimum atomic E-state index is -0.510. The van der Waals surface area contributed by atoms with E-state index in [1.807, 2.05) is 12.2 Å². The molecule has 0 aromatic carbocycles. The van der Waals surface area contributed by atoms with Crippen molar-refractivity contribution in [1.29, 1.82) is 0 Å². The van der Waals surface area contributed by atoms with Gasteiger partial charge in [-0.1, -0.05) is 12.2 Å². The molecule has 0 aromatic heterocycles. The lowest BCUT2D eigenvalue weighted by Crippen LogP contribution is -2.34. The molecule has 1 heterocycles. The fourth-order valence-corrected chi connectivity index (χ4v) is 3.47. The highest BCUT2D eigenvalue weighted by molar-refractivity contribution is 6.63. The number of likely N-dealkylation sites (tertiary alicyclic amines) is 1. The zero-order valence-corrected chi connectivity index (χ0v) is 9.89. The predicted octanol–water partition coefficient (Wildman–Crippen LogP) is 0.949. The smallest absolute Gasteiger partial charge is 0.233 e. The lowest BCUT2D eigenvalue weighted by molar-refractivity contribution is -0.140. The lowest BCUT2D eigenvalue weighted by Gasteiger charge is -2.15. The first-order valence-electron chi connectivity index (χ1n) is 5.81. The molecule has 4 unspecified atom stereocenters. The first-order chi connectivity index (χ1) is 8.09. The molecule has 1 saturated heterocycles. The summed E-state index contributed by atoms with van der Waals surface area (Å²) in [7, 11) is 0. The third kappa shape index (κ3) is 1.47. The molecule has 4 nitrogen and oxygen atoms in total. The number of amides is 2. The Morgan fingerprint density at radius 2 is 1.76 bits per heavy atom. The fourth-order valence-electron chi connectivity index (χ4n) is 3.38. The second kappa shape index (κ2) is 3.67. The molecule has 5 heteroatoms. The van der Waals surface area contributed by atoms with E-state index in [1.165, 1.54) is 4.90 Å². The van der Waals surface area contributed by atoms with Gasteiger partial charge in [-0.2, -0.15) is 0 Å². The summed E-state index contributed by atoms with van der Waals surface area (Å²) in [4.78, 5) is 36.2. The Labute approximate surface area is 104 Å². The average Bonchev–Trinajstić information content (AvgIpc) is 2.92. The molecule has 2 fully saturated rings. The number of hydrogen-bond acceptors (Lipinski definition) is 3. The number of carbonyl (C=O) groups is 3. The van der Waals surface area contributed by atoms with Gasteiger partial charge in [0.15, 0.2) is 0 Å². The molecule has 2 amide bonds. The van der Waals surface area contributed by atoms with Crippen molar-refractivity contribution in [2.24, 2.45) is 23.7 Å². The molecule has 0 spiro atoms. The summed E-state index contributed by atoms with van der Waals surface area (Å²) < 4.78 is 0. The lowest BCUT2D eigenvalue weighted by atomic mass is 9.85. The quantitative estimate of drug-likeness (QED) is 0.428. The molecule has 3 rings (SSSR count). The highest BCUT2D eigenvalue weighted by Crippen LogP contribution is 2.52. The van der Waals surface area contributed by atoms with Gasteiger partial charge >= 0.3 is 0 Å². The average molecular weight is 254 g/mol. The van der Waals surface area contributed by atoms with E-state index in [4.69, 9.17) is 11.6 Å². The summed E-state index contributed by atoms with van der Waals surface area (Å²) in [6.07, 6.45) is 5.07. The van der Waals surface area contributed by atoms with Crippen LogP contribution >= 0.6 is 11.6 Å². The van der Waals surface area contributed by atoms with Gasteiger partial charge in [0.05, 0.1) is 11.8 Å². The Morgan fingerprint density at radius 1 is 1.24 bits per heavy atom. The monoisotopic (exact) mass is 253 g/mol. The fraction of sp³-hybridized carbons (Fsp3) is 0.583. The summed E-state index contributed by atoms with van der Waals surface area (Å²) in [6.45, 7) is 0.131. The normalized spacial score (nSPS) is 38.1. The van der Waals surface area contributed by atoms with E-state index in [9.17, 15) is 14.4 Å². The van der Waals surface area contributed by atoms with Crippen molar-refractivity contribution < 1.29 is 14.4 Å². The van der Waals surface area contributed by atoms with Crippen LogP contribution in [0.4, 0.5) is 0 Å². The van der Waals surface area contributed by atoms with Gasteiger partial charge in [0.2, 0.25) is 17.1 Å². The number of imide groups is 1. The molecule has 90 valence electrons. The Kier molecular flexibility index (Phi) is 2.36. The molecule has 2 aliphatic carbocycles. The highest BCUT2D eigenvalue weighted by Gasteiger charge is 2.58. The number of rotatable bonds is 3. The molecule has 0 aromatic rings. The zero-order chi connectivity index (χ0) is 12.2. The van der Waals surface area contributed by atoms with Crippen molar-refractivity contribution in [3.8, 4) is 0 Å². The number of allylic oxidation sites excluding steroid dienone is 2. The van der Waals surface area contributed by atoms with Crippen LogP contribution in [0.3, 0.4) is 0 Å². The van der Waals surface area contributed by atoms with E-state index in [0.717, 1.165) is 6.42 Å². The van der Waals surface area contributed by atoms with Gasteiger partial charge in [0.1, 0.15) is 0 Å². The van der Waals surface area contributed by atoms with Crippen molar-refractivity contribution >= 4 is 28.7 Å². The predicted molar refractivity (Wildman–Crippen MR) is 59.9 cm³/mol. The molecule has 2 bridgehead atoms. The van der Waals surface area contributed by atoms with Crippen molar-refractivity contribution in [2.45, 2.75) is 12.8 Å². The van der Waals surface area contributed by atoms with E-state index >= 15 is 0 Å². The maximum Gasteiger partial charge on any atom is 0.233 e. The van der Waals surface area contributed by atoms with Crippen LogP contribution in [0.2, 0.25) is 0 Å². The van der Waals surface area contributed by atoms with Crippen LogP contribution < -0.4 is 0 Å². The molecule has 0 radical (unpaired) electrons. The molecule has 1 saturated carbocycles. The van der Waals surface area contributed by atoms with Crippen molar-refractivity contribution in [2.75, 3.05) is 6.54 Å². The van der Waals surface area contributed by atoms with Crippen LogP contribution in [-0.2, 0) is 14.4 Å². The molecule has 17 heavy (non-hydrogen) atoms. The standard InChI is InChI=1S/C12H12ClNO3/c13-8(15)3-4-14-11(16)9-6-1-2-7(5-6)10(9)12(14)17/h1-2,6-7,9-10H,3-5H2. The molecular formula is C12H12ClNO3. The van der Waals surface area contributed by atoms with Crippen molar-refractivity contribution in [1.82, 2.24) is 4.90 Å². The van der Waals surface area contributed by atoms with E-state index in [-0.39, 0.29) is 48.5 Å². The van der Waals surface area contributed by atoms with Crippen LogP contribution in [0.15, 0.2) is 12.2 Å². The van der Waals surface area contributed by atoms with Crippen LogP contribution in [0.1, 0.15) is 12.8 Å². The zero-order valence-electron chi connectivity index (χ0n) is 9.14. The van der Waals surface area contributed by atoms with Crippen LogP contribution in [0.5, 0.6) is 0 Å². The summed E-state index contributed by atoms with van der Waals surface area (Å²) in [5.41, 5.74) is 0. The topological polar surface area (TPSA) is 54.5 Å². The number of hydrogen-bond donors (Lipinski definition) is 0. The molecular weight excluding hydrogens is 242 g/mol. The van der Waals surface area contributed by atoms with Gasteiger partial charge in [0, 0.05) is 13.0 Å². The highest BCUT2D eigenvalue weighted by atomic mass is 35.5. The van der Waals surface area contributed by atoms with Gasteiger partial charge < -0.3 is 0 Å². The third-order valence-corrected chi connectivity index (χ3v) is 4.28. The second-order valence-corrected chi connectivity index (χ2v) is 5.35. The Hall–Kier alpha value is -1.16. The van der Waals surface area contributed by atoms with E-state index < -0.39 is 5.24 Å². The number of carbonyl (C=O) groups excluding carboxylic acids is 3. The maximum atomic E-state index is 12.1. The second-order valence-electron chi connectivity index (χ2n) is 4.93. The summed E-state index contributed by atoms with van der Waals surface area (Å²) in [5, 5.41) is -0.510. The van der Waals surface area contributed by atoms with Gasteiger partial charge in [-0.05, 0) is 29.9 Å². The van der Waals surface area contributed by atoms with Gasteiger partial charge in [-0.25, -0.2) is 0 Å². The Morgan fingerprint density at radius 3 is 2.24 bits per heavy atom. The van der Waals surface area contributed by atoms with Crippen molar-refractivity contribution in [3.63, 3.8) is 0 Å². The van der Waals surface area contributed by atoms with Gasteiger partial charge in [0.25, 0.3) is 0 Å². The van der Waals surface area contributed by atoms with Crippen LogP contribution in [0, 0.1) is 23.7 Å². The Balaban J connectivity index is 1.80. The summed E-state index contributed by atoms with van der Waals surface area (Å²) in [6, 6.07) is 0. The molecule has 1 aliphatic heterocycles. The van der Waals surface area contributed by atoms with Crippen LogP contribution in [0.25, 0.3) is 0 Å². The molecule has 3 aliphatic rings. The van der Waals surface area contributed by atoms with E-state index in [0.29, 0.717) is 0 Å². The number of nitrogens with zero attached hydrogens (tertiary/aromatic N) is 1. The first kappa shape index (κ1) is 11.0. The number of halogens is 1. The van der Waals surface area contributed by atoms with Crippen LogP contribution in [-0.4, -0.2) is 28.5 Å².